The number of esters is 1. The van der Waals surface area contributed by atoms with Crippen LogP contribution in [-0.2, 0) is 22.6 Å². The minimum Gasteiger partial charge on any atom is -0.461 e. The van der Waals surface area contributed by atoms with Crippen molar-refractivity contribution in [3.05, 3.63) is 40.3 Å². The quantitative estimate of drug-likeness (QED) is 0.626. The molecule has 0 fully saturated rings. The number of anilines is 1. The summed E-state index contributed by atoms with van der Waals surface area (Å²) < 4.78 is 40.6. The number of aromatic nitrogens is 4. The van der Waals surface area contributed by atoms with E-state index >= 15 is 0 Å². The molecule has 12 heteroatoms. The summed E-state index contributed by atoms with van der Waals surface area (Å²) in [5.74, 6) is -1.86. The van der Waals surface area contributed by atoms with E-state index in [0.717, 1.165) is 10.6 Å². The number of nitrogens with one attached hydrogen (secondary N) is 1. The van der Waals surface area contributed by atoms with Gasteiger partial charge < -0.3 is 14.0 Å². The van der Waals surface area contributed by atoms with E-state index in [1.165, 1.54) is 17.1 Å². The lowest BCUT2D eigenvalue weighted by Crippen LogP contribution is -2.31. The normalized spacial score (nSPS) is 12.3. The van der Waals surface area contributed by atoms with Gasteiger partial charge in [-0.3, -0.25) is 14.8 Å². The van der Waals surface area contributed by atoms with E-state index < -0.39 is 41.8 Å². The highest BCUT2D eigenvalue weighted by atomic mass is 19.1. The molecule has 2 rings (SSSR count). The van der Waals surface area contributed by atoms with E-state index in [9.17, 15) is 23.2 Å². The van der Waals surface area contributed by atoms with Crippen molar-refractivity contribution >= 4 is 17.7 Å². The fourth-order valence-electron chi connectivity index (χ4n) is 2.48. The van der Waals surface area contributed by atoms with E-state index in [2.05, 4.69) is 15.6 Å². The molecule has 1 amide bonds. The van der Waals surface area contributed by atoms with Gasteiger partial charge in [-0.2, -0.15) is 4.39 Å². The molecule has 10 nitrogen and oxygen atoms in total. The highest BCUT2D eigenvalue weighted by molar-refractivity contribution is 5.86. The largest absolute Gasteiger partial charge is 0.461 e. The SMILES string of the molecule is CCOC(=O)c1cn(CCC(F)Cn2ccc(NC(=O)OC(C)(C)C)c(F)c2=O)nn1. The lowest BCUT2D eigenvalue weighted by Gasteiger charge is -2.20. The molecule has 2 heterocycles. The summed E-state index contributed by atoms with van der Waals surface area (Å²) in [5, 5.41) is 9.51. The number of amides is 1. The van der Waals surface area contributed by atoms with Crippen LogP contribution in [0, 0.1) is 5.82 Å². The van der Waals surface area contributed by atoms with Gasteiger partial charge in [-0.25, -0.2) is 14.0 Å². The van der Waals surface area contributed by atoms with Crippen LogP contribution in [0.5, 0.6) is 0 Å². The van der Waals surface area contributed by atoms with Gasteiger partial charge in [-0.05, 0) is 40.2 Å². The molecule has 0 radical (unpaired) electrons. The topological polar surface area (TPSA) is 117 Å². The lowest BCUT2D eigenvalue weighted by molar-refractivity contribution is 0.0518. The van der Waals surface area contributed by atoms with Crippen molar-refractivity contribution in [3.8, 4) is 0 Å². The number of carbonyl (C=O) groups is 2. The Bertz CT molecular complexity index is 983. The minimum atomic E-state index is -1.50. The molecule has 1 unspecified atom stereocenters. The average molecular weight is 441 g/mol. The number of rotatable bonds is 8. The summed E-state index contributed by atoms with van der Waals surface area (Å²) in [5.41, 5.74) is -2.23. The summed E-state index contributed by atoms with van der Waals surface area (Å²) in [6.07, 6.45) is 0.0311. The number of halogens is 2. The maximum Gasteiger partial charge on any atom is 0.412 e. The smallest absolute Gasteiger partial charge is 0.412 e. The van der Waals surface area contributed by atoms with Crippen LogP contribution in [0.3, 0.4) is 0 Å². The molecule has 0 bridgehead atoms. The Hall–Kier alpha value is -3.31. The second-order valence-electron chi connectivity index (χ2n) is 7.60. The maximum absolute atomic E-state index is 14.3. The maximum atomic E-state index is 14.3. The summed E-state index contributed by atoms with van der Waals surface area (Å²) in [4.78, 5) is 35.4. The van der Waals surface area contributed by atoms with Crippen molar-refractivity contribution in [2.24, 2.45) is 0 Å². The third-order valence-corrected chi connectivity index (χ3v) is 3.83. The van der Waals surface area contributed by atoms with Gasteiger partial charge in [0.25, 0.3) is 5.56 Å². The van der Waals surface area contributed by atoms with E-state index in [-0.39, 0.29) is 31.0 Å². The minimum absolute atomic E-state index is 0.00336. The average Bonchev–Trinajstić information content (AvgIpc) is 3.14. The van der Waals surface area contributed by atoms with E-state index in [1.807, 2.05) is 0 Å². The molecule has 0 saturated carbocycles. The number of pyridine rings is 1. The van der Waals surface area contributed by atoms with E-state index in [1.54, 1.807) is 27.7 Å². The third-order valence-electron chi connectivity index (χ3n) is 3.83. The first-order valence-electron chi connectivity index (χ1n) is 9.60. The summed E-state index contributed by atoms with van der Waals surface area (Å²) in [6.45, 7) is 6.44. The van der Waals surface area contributed by atoms with Gasteiger partial charge in [-0.15, -0.1) is 5.10 Å². The Balaban J connectivity index is 1.95. The lowest BCUT2D eigenvalue weighted by atomic mass is 10.2. The van der Waals surface area contributed by atoms with Gasteiger partial charge in [0.15, 0.2) is 5.69 Å². The van der Waals surface area contributed by atoms with Gasteiger partial charge in [0.2, 0.25) is 5.82 Å². The van der Waals surface area contributed by atoms with Gasteiger partial charge in [0.1, 0.15) is 11.8 Å². The number of ether oxygens (including phenoxy) is 2. The van der Waals surface area contributed by atoms with Crippen molar-refractivity contribution in [2.75, 3.05) is 11.9 Å². The zero-order valence-electron chi connectivity index (χ0n) is 17.7. The first kappa shape index (κ1) is 24.0. The second-order valence-corrected chi connectivity index (χ2v) is 7.60. The number of alkyl halides is 1. The fourth-order valence-corrected chi connectivity index (χ4v) is 2.48. The van der Waals surface area contributed by atoms with Gasteiger partial charge in [-0.1, -0.05) is 5.21 Å². The fraction of sp³-hybridized carbons (Fsp3) is 0.526. The molecule has 170 valence electrons. The monoisotopic (exact) mass is 441 g/mol. The van der Waals surface area contributed by atoms with Crippen molar-refractivity contribution in [3.63, 3.8) is 0 Å². The number of nitrogens with zero attached hydrogens (tertiary/aromatic N) is 4. The highest BCUT2D eigenvalue weighted by Crippen LogP contribution is 2.14. The molecule has 0 aliphatic rings. The van der Waals surface area contributed by atoms with Crippen LogP contribution in [0.2, 0.25) is 0 Å². The van der Waals surface area contributed by atoms with Gasteiger partial charge in [0.05, 0.1) is 25.0 Å². The molecule has 1 atom stereocenters. The third kappa shape index (κ3) is 7.15. The van der Waals surface area contributed by atoms with Crippen molar-refractivity contribution < 1.29 is 27.8 Å². The zero-order valence-corrected chi connectivity index (χ0v) is 17.7. The molecule has 0 aliphatic heterocycles. The zero-order chi connectivity index (χ0) is 23.2. The molecule has 0 saturated heterocycles. The molecule has 0 aliphatic carbocycles. The summed E-state index contributed by atoms with van der Waals surface area (Å²) >= 11 is 0. The Kier molecular flexibility index (Phi) is 7.83. The van der Waals surface area contributed by atoms with Crippen LogP contribution in [0.25, 0.3) is 0 Å². The summed E-state index contributed by atoms with van der Waals surface area (Å²) in [7, 11) is 0. The van der Waals surface area contributed by atoms with Crippen molar-refractivity contribution in [1.82, 2.24) is 19.6 Å². The van der Waals surface area contributed by atoms with Crippen LogP contribution in [0.1, 0.15) is 44.6 Å². The van der Waals surface area contributed by atoms with Gasteiger partial charge >= 0.3 is 12.1 Å². The van der Waals surface area contributed by atoms with Crippen LogP contribution >= 0.6 is 0 Å². The molecular formula is C19H25F2N5O5. The van der Waals surface area contributed by atoms with Crippen molar-refractivity contribution in [1.29, 1.82) is 0 Å². The number of hydrogen-bond acceptors (Lipinski definition) is 7. The molecule has 31 heavy (non-hydrogen) atoms. The Labute approximate surface area is 177 Å². The number of carbonyl (C=O) groups excluding carboxylic acids is 2. The van der Waals surface area contributed by atoms with Crippen LogP contribution < -0.4 is 10.9 Å². The van der Waals surface area contributed by atoms with Crippen LogP contribution in [-0.4, -0.2) is 50.0 Å². The summed E-state index contributed by atoms with van der Waals surface area (Å²) in [6, 6.07) is 1.15. The first-order chi connectivity index (χ1) is 14.5. The van der Waals surface area contributed by atoms with Crippen molar-refractivity contribution in [2.45, 2.75) is 59.0 Å². The van der Waals surface area contributed by atoms with Gasteiger partial charge in [0, 0.05) is 12.7 Å². The molecule has 2 aromatic heterocycles. The standard InChI is InChI=1S/C19H25F2N5O5/c1-5-30-17(28)14-11-26(24-23-14)9-6-12(20)10-25-8-7-13(15(21)16(25)27)22-18(29)31-19(2,3)4/h7-8,11-12H,5-6,9-10H2,1-4H3,(H,22,29). The predicted octanol–water partition coefficient (Wildman–Crippen LogP) is 2.53. The highest BCUT2D eigenvalue weighted by Gasteiger charge is 2.20. The molecule has 2 aromatic rings. The molecular weight excluding hydrogens is 416 g/mol. The number of hydrogen-bond donors (Lipinski definition) is 1. The molecule has 0 aromatic carbocycles. The molecule has 0 spiro atoms. The molecule has 1 N–H and O–H groups in total. The Morgan fingerprint density at radius 1 is 1.32 bits per heavy atom. The van der Waals surface area contributed by atoms with Crippen LogP contribution in [0.15, 0.2) is 23.3 Å². The number of aryl methyl sites for hydroxylation is 1. The Morgan fingerprint density at radius 3 is 2.68 bits per heavy atom. The predicted molar refractivity (Wildman–Crippen MR) is 106 cm³/mol. The Morgan fingerprint density at radius 2 is 2.03 bits per heavy atom. The second kappa shape index (κ2) is 10.1. The van der Waals surface area contributed by atoms with E-state index in [4.69, 9.17) is 9.47 Å². The van der Waals surface area contributed by atoms with Crippen LogP contribution in [0.4, 0.5) is 19.3 Å². The first-order valence-corrected chi connectivity index (χ1v) is 9.60. The van der Waals surface area contributed by atoms with E-state index in [0.29, 0.717) is 0 Å².